The van der Waals surface area contributed by atoms with Crippen molar-refractivity contribution in [2.45, 2.75) is 26.4 Å². The van der Waals surface area contributed by atoms with Crippen LogP contribution in [0.5, 0.6) is 0 Å². The first-order valence-electron chi connectivity index (χ1n) is 10.1. The number of thiophene rings is 1. The third-order valence-corrected chi connectivity index (χ3v) is 6.14. The van der Waals surface area contributed by atoms with E-state index in [2.05, 4.69) is 5.32 Å². The molecule has 0 unspecified atom stereocenters. The SMILES string of the molecule is CCOC(=O)c1ccc(-c2ccc(/C(=C/C(=N)C(C)(C)O)Nc3ccccc3Cl)s2)cc1. The van der Waals surface area contributed by atoms with E-state index in [1.807, 2.05) is 42.5 Å². The third kappa shape index (κ3) is 5.85. The van der Waals surface area contributed by atoms with Gasteiger partial charge in [-0.05, 0) is 68.8 Å². The maximum absolute atomic E-state index is 11.9. The normalized spacial score (nSPS) is 11.8. The zero-order chi connectivity index (χ0) is 23.3. The van der Waals surface area contributed by atoms with E-state index < -0.39 is 5.60 Å². The summed E-state index contributed by atoms with van der Waals surface area (Å²) in [4.78, 5) is 13.8. The molecule has 0 aliphatic rings. The van der Waals surface area contributed by atoms with Crippen LogP contribution < -0.4 is 5.32 Å². The molecule has 32 heavy (non-hydrogen) atoms. The second kappa shape index (κ2) is 10.1. The Labute approximate surface area is 196 Å². The van der Waals surface area contributed by atoms with E-state index in [0.29, 0.717) is 28.6 Å². The van der Waals surface area contributed by atoms with Crippen molar-refractivity contribution in [3.05, 3.63) is 82.2 Å². The minimum absolute atomic E-state index is 0.0702. The quantitative estimate of drug-likeness (QED) is 0.260. The second-order valence-corrected chi connectivity index (χ2v) is 9.09. The number of carbonyl (C=O) groups excluding carboxylic acids is 1. The molecule has 0 saturated carbocycles. The summed E-state index contributed by atoms with van der Waals surface area (Å²) in [7, 11) is 0. The fraction of sp³-hybridized carbons (Fsp3) is 0.200. The number of anilines is 1. The molecule has 0 aliphatic carbocycles. The number of para-hydroxylation sites is 1. The van der Waals surface area contributed by atoms with E-state index in [4.69, 9.17) is 21.7 Å². The van der Waals surface area contributed by atoms with Crippen molar-refractivity contribution in [1.82, 2.24) is 0 Å². The average Bonchev–Trinajstić information content (AvgIpc) is 3.24. The van der Waals surface area contributed by atoms with Gasteiger partial charge in [0.05, 0.1) is 39.2 Å². The highest BCUT2D eigenvalue weighted by Crippen LogP contribution is 2.34. The monoisotopic (exact) mass is 468 g/mol. The fourth-order valence-electron chi connectivity index (χ4n) is 2.82. The highest BCUT2D eigenvalue weighted by molar-refractivity contribution is 7.16. The van der Waals surface area contributed by atoms with Gasteiger partial charge < -0.3 is 20.6 Å². The molecule has 0 bridgehead atoms. The molecule has 0 atom stereocenters. The van der Waals surface area contributed by atoms with E-state index in [9.17, 15) is 9.90 Å². The molecular weight excluding hydrogens is 444 g/mol. The van der Waals surface area contributed by atoms with Crippen molar-refractivity contribution in [1.29, 1.82) is 5.41 Å². The first-order chi connectivity index (χ1) is 15.2. The highest BCUT2D eigenvalue weighted by Gasteiger charge is 2.20. The molecular formula is C25H25ClN2O3S. The van der Waals surface area contributed by atoms with Crippen LogP contribution in [-0.4, -0.2) is 29.0 Å². The van der Waals surface area contributed by atoms with Gasteiger partial charge in [0, 0.05) is 4.88 Å². The fourth-order valence-corrected chi connectivity index (χ4v) is 3.99. The van der Waals surface area contributed by atoms with Gasteiger partial charge in [-0.15, -0.1) is 11.3 Å². The Balaban J connectivity index is 1.93. The Morgan fingerprint density at radius 1 is 1.16 bits per heavy atom. The lowest BCUT2D eigenvalue weighted by Gasteiger charge is -2.18. The van der Waals surface area contributed by atoms with Gasteiger partial charge in [0.15, 0.2) is 0 Å². The summed E-state index contributed by atoms with van der Waals surface area (Å²) >= 11 is 7.85. The molecule has 7 heteroatoms. The van der Waals surface area contributed by atoms with Crippen LogP contribution in [-0.2, 0) is 4.74 Å². The molecule has 3 rings (SSSR count). The van der Waals surface area contributed by atoms with Crippen LogP contribution in [0.1, 0.15) is 36.0 Å². The molecule has 0 radical (unpaired) electrons. The van der Waals surface area contributed by atoms with Gasteiger partial charge in [-0.25, -0.2) is 4.79 Å². The number of halogens is 1. The topological polar surface area (TPSA) is 82.4 Å². The van der Waals surface area contributed by atoms with Gasteiger partial charge in [-0.2, -0.15) is 0 Å². The van der Waals surface area contributed by atoms with E-state index in [1.165, 1.54) is 11.3 Å². The Morgan fingerprint density at radius 2 is 1.84 bits per heavy atom. The minimum Gasteiger partial charge on any atom is -0.462 e. The Bertz CT molecular complexity index is 1140. The number of carbonyl (C=O) groups is 1. The number of benzene rings is 2. The van der Waals surface area contributed by atoms with Crippen molar-refractivity contribution in [2.75, 3.05) is 11.9 Å². The van der Waals surface area contributed by atoms with Crippen LogP contribution in [0.4, 0.5) is 5.69 Å². The molecule has 1 aromatic heterocycles. The lowest BCUT2D eigenvalue weighted by molar-refractivity contribution is 0.0526. The molecule has 0 spiro atoms. The van der Waals surface area contributed by atoms with E-state index in [1.54, 1.807) is 45.0 Å². The zero-order valence-electron chi connectivity index (χ0n) is 18.1. The summed E-state index contributed by atoms with van der Waals surface area (Å²) in [5, 5.41) is 22.4. The van der Waals surface area contributed by atoms with Gasteiger partial charge in [0.1, 0.15) is 5.60 Å². The molecule has 5 nitrogen and oxygen atoms in total. The summed E-state index contributed by atoms with van der Waals surface area (Å²) in [6.07, 6.45) is 1.61. The number of nitrogens with one attached hydrogen (secondary N) is 2. The maximum Gasteiger partial charge on any atom is 0.338 e. The summed E-state index contributed by atoms with van der Waals surface area (Å²) in [6.45, 7) is 5.26. The van der Waals surface area contributed by atoms with E-state index >= 15 is 0 Å². The first kappa shape index (κ1) is 23.7. The van der Waals surface area contributed by atoms with Crippen molar-refractivity contribution >= 4 is 46.0 Å². The van der Waals surface area contributed by atoms with E-state index in [0.717, 1.165) is 15.3 Å². The lowest BCUT2D eigenvalue weighted by Crippen LogP contribution is -2.29. The van der Waals surface area contributed by atoms with Gasteiger partial charge in [0.25, 0.3) is 0 Å². The maximum atomic E-state index is 11.9. The number of esters is 1. The predicted molar refractivity (Wildman–Crippen MR) is 133 cm³/mol. The largest absolute Gasteiger partial charge is 0.462 e. The Morgan fingerprint density at radius 3 is 2.47 bits per heavy atom. The standard InChI is InChI=1S/C25H25ClN2O3S/c1-4-31-24(29)17-11-9-16(10-12-17)21-13-14-22(32-21)20(15-23(27)25(2,3)30)28-19-8-6-5-7-18(19)26/h5-15,27-28,30H,4H2,1-3H3/b20-15-,27-23?. The zero-order valence-corrected chi connectivity index (χ0v) is 19.7. The lowest BCUT2D eigenvalue weighted by atomic mass is 10.0. The molecule has 3 N–H and O–H groups in total. The van der Waals surface area contributed by atoms with Crippen LogP contribution in [0.15, 0.2) is 66.7 Å². The van der Waals surface area contributed by atoms with Gasteiger partial charge >= 0.3 is 5.97 Å². The van der Waals surface area contributed by atoms with Crippen molar-refractivity contribution < 1.29 is 14.6 Å². The van der Waals surface area contributed by atoms with E-state index in [-0.39, 0.29) is 11.7 Å². The molecule has 0 saturated heterocycles. The first-order valence-corrected chi connectivity index (χ1v) is 11.3. The van der Waals surface area contributed by atoms with Crippen LogP contribution in [0, 0.1) is 5.41 Å². The smallest absolute Gasteiger partial charge is 0.338 e. The summed E-state index contributed by atoms with van der Waals surface area (Å²) in [6, 6.07) is 18.5. The number of hydrogen-bond acceptors (Lipinski definition) is 6. The molecule has 1 heterocycles. The van der Waals surface area contributed by atoms with Crippen LogP contribution in [0.2, 0.25) is 5.02 Å². The molecule has 3 aromatic rings. The summed E-state index contributed by atoms with van der Waals surface area (Å²) in [5.41, 5.74) is 1.62. The van der Waals surface area contributed by atoms with Gasteiger partial charge in [0.2, 0.25) is 0 Å². The molecule has 0 aliphatic heterocycles. The van der Waals surface area contributed by atoms with Crippen molar-refractivity contribution in [3.8, 4) is 10.4 Å². The van der Waals surface area contributed by atoms with Crippen LogP contribution >= 0.6 is 22.9 Å². The van der Waals surface area contributed by atoms with Crippen LogP contribution in [0.25, 0.3) is 16.1 Å². The summed E-state index contributed by atoms with van der Waals surface area (Å²) < 4.78 is 5.04. The Kier molecular flexibility index (Phi) is 7.51. The second-order valence-electron chi connectivity index (χ2n) is 7.60. The third-order valence-electron chi connectivity index (χ3n) is 4.64. The number of aliphatic hydroxyl groups is 1. The summed E-state index contributed by atoms with van der Waals surface area (Å²) in [5.74, 6) is -0.342. The molecule has 0 amide bonds. The highest BCUT2D eigenvalue weighted by atomic mass is 35.5. The predicted octanol–water partition coefficient (Wildman–Crippen LogP) is 6.49. The molecule has 2 aromatic carbocycles. The molecule has 0 fully saturated rings. The number of hydrogen-bond donors (Lipinski definition) is 3. The van der Waals surface area contributed by atoms with Gasteiger partial charge in [-0.3, -0.25) is 0 Å². The molecule has 166 valence electrons. The number of rotatable bonds is 8. The Hall–Kier alpha value is -2.93. The van der Waals surface area contributed by atoms with Crippen molar-refractivity contribution in [2.24, 2.45) is 0 Å². The van der Waals surface area contributed by atoms with Crippen LogP contribution in [0.3, 0.4) is 0 Å². The average molecular weight is 469 g/mol. The van der Waals surface area contributed by atoms with Crippen molar-refractivity contribution in [3.63, 3.8) is 0 Å². The minimum atomic E-state index is -1.28. The van der Waals surface area contributed by atoms with Gasteiger partial charge in [-0.1, -0.05) is 35.9 Å². The number of ether oxygens (including phenoxy) is 1.